The van der Waals surface area contributed by atoms with Crippen LogP contribution in [-0.2, 0) is 0 Å². The van der Waals surface area contributed by atoms with E-state index in [1.165, 1.54) is 151 Å². The summed E-state index contributed by atoms with van der Waals surface area (Å²) in [6, 6.07) is 0. The highest BCUT2D eigenvalue weighted by molar-refractivity contribution is 8.76. The molecular weight excluding hydrogens is 441 g/mol. The number of unbranched alkanes of at least 4 members (excludes halogenated alkanes) is 18. The van der Waals surface area contributed by atoms with E-state index in [4.69, 9.17) is 0 Å². The highest BCUT2D eigenvalue weighted by atomic mass is 33.1. The summed E-state index contributed by atoms with van der Waals surface area (Å²) in [4.78, 5) is 0. The number of rotatable bonds is 27. The molecule has 0 N–H and O–H groups in total. The monoisotopic (exact) mass is 494 g/mol. The first-order valence-corrected chi connectivity index (χ1v) is 18.4. The topological polar surface area (TPSA) is 0 Å². The summed E-state index contributed by atoms with van der Waals surface area (Å²) in [6.07, 6.45) is 33.6. The van der Waals surface area contributed by atoms with Crippen LogP contribution in [0.2, 0.25) is 0 Å². The fourth-order valence-corrected chi connectivity index (χ4v) is 7.04. The highest BCUT2D eigenvalue weighted by Gasteiger charge is 1.96. The van der Waals surface area contributed by atoms with Gasteiger partial charge in [0.05, 0.1) is 0 Å². The first-order chi connectivity index (χ1) is 14.9. The molecular formula is C26H54S4. The molecule has 0 fully saturated rings. The summed E-state index contributed by atoms with van der Waals surface area (Å²) in [5.74, 6) is 5.46. The van der Waals surface area contributed by atoms with Gasteiger partial charge in [0.2, 0.25) is 0 Å². The van der Waals surface area contributed by atoms with Crippen LogP contribution in [0.15, 0.2) is 0 Å². The van der Waals surface area contributed by atoms with Gasteiger partial charge in [-0.25, -0.2) is 0 Å². The minimum Gasteiger partial charge on any atom is -0.165 e. The highest BCUT2D eigenvalue weighted by Crippen LogP contribution is 2.25. The van der Waals surface area contributed by atoms with E-state index in [-0.39, 0.29) is 0 Å². The van der Waals surface area contributed by atoms with Crippen LogP contribution in [0, 0.1) is 0 Å². The third kappa shape index (κ3) is 29.4. The molecule has 0 aromatic carbocycles. The van der Waals surface area contributed by atoms with Crippen molar-refractivity contribution in [3.8, 4) is 0 Å². The van der Waals surface area contributed by atoms with Crippen molar-refractivity contribution in [3.63, 3.8) is 0 Å². The van der Waals surface area contributed by atoms with E-state index in [1.807, 2.05) is 23.5 Å². The Labute approximate surface area is 208 Å². The van der Waals surface area contributed by atoms with Crippen molar-refractivity contribution < 1.29 is 0 Å². The molecule has 0 aliphatic carbocycles. The molecule has 30 heavy (non-hydrogen) atoms. The predicted octanol–water partition coefficient (Wildman–Crippen LogP) is 10.9. The summed E-state index contributed by atoms with van der Waals surface area (Å²) >= 11 is 3.98. The first kappa shape index (κ1) is 31.4. The Morgan fingerprint density at radius 2 is 0.467 bits per heavy atom. The second-order valence-corrected chi connectivity index (χ2v) is 13.4. The molecule has 0 saturated carbocycles. The SMILES string of the molecule is CSCCCCCCCCCCCCSSCCCCCCCCCCCCSC. The number of hydrogen-bond donors (Lipinski definition) is 0. The van der Waals surface area contributed by atoms with Crippen molar-refractivity contribution in [2.24, 2.45) is 0 Å². The van der Waals surface area contributed by atoms with Gasteiger partial charge in [-0.2, -0.15) is 23.5 Å². The molecule has 182 valence electrons. The Morgan fingerprint density at radius 1 is 0.267 bits per heavy atom. The molecule has 0 amide bonds. The average Bonchev–Trinajstić information content (AvgIpc) is 2.76. The molecule has 0 bridgehead atoms. The van der Waals surface area contributed by atoms with Crippen molar-refractivity contribution in [2.45, 2.75) is 128 Å². The zero-order chi connectivity index (χ0) is 21.8. The predicted molar refractivity (Wildman–Crippen MR) is 154 cm³/mol. The molecule has 0 rings (SSSR count). The van der Waals surface area contributed by atoms with E-state index in [0.717, 1.165) is 0 Å². The normalized spacial score (nSPS) is 11.4. The zero-order valence-electron chi connectivity index (χ0n) is 20.6. The second-order valence-electron chi connectivity index (χ2n) is 8.70. The van der Waals surface area contributed by atoms with Gasteiger partial charge in [0.25, 0.3) is 0 Å². The molecule has 4 heteroatoms. The first-order valence-electron chi connectivity index (χ1n) is 13.1. The maximum atomic E-state index is 2.22. The number of hydrogen-bond acceptors (Lipinski definition) is 4. The average molecular weight is 495 g/mol. The largest absolute Gasteiger partial charge is 0.165 e. The van der Waals surface area contributed by atoms with E-state index >= 15 is 0 Å². The van der Waals surface area contributed by atoms with E-state index in [9.17, 15) is 0 Å². The Kier molecular flexibility index (Phi) is 31.8. The number of thioether (sulfide) groups is 2. The van der Waals surface area contributed by atoms with E-state index in [0.29, 0.717) is 0 Å². The Morgan fingerprint density at radius 3 is 0.700 bits per heavy atom. The van der Waals surface area contributed by atoms with Crippen molar-refractivity contribution in [1.29, 1.82) is 0 Å². The fraction of sp³-hybridized carbons (Fsp3) is 1.00. The maximum Gasteiger partial charge on any atom is 0.00369 e. The van der Waals surface area contributed by atoms with Crippen LogP contribution in [0.25, 0.3) is 0 Å². The Bertz CT molecular complexity index is 258. The smallest absolute Gasteiger partial charge is 0.00369 e. The van der Waals surface area contributed by atoms with Gasteiger partial charge in [-0.05, 0) is 49.7 Å². The van der Waals surface area contributed by atoms with Crippen LogP contribution >= 0.6 is 45.1 Å². The van der Waals surface area contributed by atoms with Gasteiger partial charge in [0, 0.05) is 11.5 Å². The summed E-state index contributed by atoms with van der Waals surface area (Å²) in [5.41, 5.74) is 0. The van der Waals surface area contributed by atoms with Crippen molar-refractivity contribution in [2.75, 3.05) is 35.5 Å². The van der Waals surface area contributed by atoms with Crippen LogP contribution in [-0.4, -0.2) is 35.5 Å². The van der Waals surface area contributed by atoms with Gasteiger partial charge >= 0.3 is 0 Å². The molecule has 0 aromatic rings. The van der Waals surface area contributed by atoms with Crippen molar-refractivity contribution >= 4 is 45.1 Å². The Balaban J connectivity index is 2.97. The lowest BCUT2D eigenvalue weighted by Gasteiger charge is -2.04. The summed E-state index contributed by atoms with van der Waals surface area (Å²) < 4.78 is 0. The van der Waals surface area contributed by atoms with Gasteiger partial charge in [-0.3, -0.25) is 0 Å². The lowest BCUT2D eigenvalue weighted by atomic mass is 10.1. The van der Waals surface area contributed by atoms with E-state index in [1.54, 1.807) is 0 Å². The molecule has 0 unspecified atom stereocenters. The van der Waals surface area contributed by atoms with Crippen LogP contribution in [0.3, 0.4) is 0 Å². The molecule has 0 aliphatic heterocycles. The molecule has 0 atom stereocenters. The fourth-order valence-electron chi connectivity index (χ4n) is 3.76. The summed E-state index contributed by atoms with van der Waals surface area (Å²) in [5, 5.41) is 0. The summed E-state index contributed by atoms with van der Waals surface area (Å²) in [7, 11) is 4.26. The second kappa shape index (κ2) is 30.4. The third-order valence-electron chi connectivity index (χ3n) is 5.74. The van der Waals surface area contributed by atoms with Crippen LogP contribution in [0.5, 0.6) is 0 Å². The van der Waals surface area contributed by atoms with Crippen LogP contribution in [0.1, 0.15) is 128 Å². The van der Waals surface area contributed by atoms with Gasteiger partial charge in [-0.15, -0.1) is 0 Å². The molecule has 0 nitrogen and oxygen atoms in total. The summed E-state index contributed by atoms with van der Waals surface area (Å²) in [6.45, 7) is 0. The molecule has 0 spiro atoms. The zero-order valence-corrected chi connectivity index (χ0v) is 23.9. The van der Waals surface area contributed by atoms with E-state index in [2.05, 4.69) is 34.1 Å². The van der Waals surface area contributed by atoms with Crippen LogP contribution in [0.4, 0.5) is 0 Å². The van der Waals surface area contributed by atoms with Gasteiger partial charge in [-0.1, -0.05) is 124 Å². The third-order valence-corrected chi connectivity index (χ3v) is 9.71. The lowest BCUT2D eigenvalue weighted by molar-refractivity contribution is 0.564. The standard InChI is InChI=1S/C26H54S4/c1-27-23-19-15-11-7-3-5-9-13-17-21-25-29-30-26-22-18-14-10-6-4-8-12-16-20-24-28-2/h3-26H2,1-2H3. The molecule has 0 saturated heterocycles. The van der Waals surface area contributed by atoms with Gasteiger partial charge < -0.3 is 0 Å². The maximum absolute atomic E-state index is 2.22. The van der Waals surface area contributed by atoms with Gasteiger partial charge in [0.1, 0.15) is 0 Å². The molecule has 0 radical (unpaired) electrons. The minimum atomic E-state index is 1.36. The van der Waals surface area contributed by atoms with Gasteiger partial charge in [0.15, 0.2) is 0 Å². The minimum absolute atomic E-state index is 1.36. The Hall–Kier alpha value is 1.40. The quantitative estimate of drug-likeness (QED) is 0.0821. The van der Waals surface area contributed by atoms with Crippen molar-refractivity contribution in [1.82, 2.24) is 0 Å². The van der Waals surface area contributed by atoms with Crippen molar-refractivity contribution in [3.05, 3.63) is 0 Å². The molecule has 0 aliphatic rings. The molecule has 0 aromatic heterocycles. The lowest BCUT2D eigenvalue weighted by Crippen LogP contribution is -1.85. The van der Waals surface area contributed by atoms with Crippen LogP contribution < -0.4 is 0 Å². The van der Waals surface area contributed by atoms with E-state index < -0.39 is 0 Å². The molecule has 0 heterocycles.